The van der Waals surface area contributed by atoms with Gasteiger partial charge in [-0.15, -0.1) is 0 Å². The Kier molecular flexibility index (Phi) is 21.6. The van der Waals surface area contributed by atoms with E-state index in [0.717, 1.165) is 49.2 Å². The highest BCUT2D eigenvalue weighted by Gasteiger charge is 2.23. The van der Waals surface area contributed by atoms with Crippen molar-refractivity contribution in [2.75, 3.05) is 72.2 Å². The molecule has 5 heterocycles. The SMILES string of the molecule is CN1CCN=C1c1ccc(C(=O)Nc2ccc(F)cc2C(=O)Nc2ccc(Cl)cn2)cc1.CN1CCN=C1c1ccc(C(=O)Nc2ccccc2C(=O)Nc2ccc(Cl)cn2)c(F)c1.N=C(N)c1ccc(C(=O)Nc2ccc(F)cc2C(=O)Nc2ccc(Cl)cn2)cc1. The summed E-state index contributed by atoms with van der Waals surface area (Å²) in [6.45, 7) is 3.02. The third-order valence-electron chi connectivity index (χ3n) is 13.7. The van der Waals surface area contributed by atoms with E-state index in [1.54, 1.807) is 66.7 Å². The molecule has 9 N–H and O–H groups in total. The van der Waals surface area contributed by atoms with Gasteiger partial charge in [0.25, 0.3) is 35.4 Å². The van der Waals surface area contributed by atoms with Crippen molar-refractivity contribution in [2.45, 2.75) is 0 Å². The lowest BCUT2D eigenvalue weighted by molar-refractivity contribution is 0.100. The first-order chi connectivity index (χ1) is 44.7. The van der Waals surface area contributed by atoms with Gasteiger partial charge in [0.1, 0.15) is 52.4 Å². The summed E-state index contributed by atoms with van der Waals surface area (Å²) in [6, 6.07) is 40.1. The maximum absolute atomic E-state index is 14.7. The number of amidine groups is 3. The molecule has 0 saturated heterocycles. The minimum absolute atomic E-state index is 0.0337. The van der Waals surface area contributed by atoms with Crippen LogP contribution >= 0.6 is 34.8 Å². The van der Waals surface area contributed by atoms with Crippen LogP contribution in [0.1, 0.15) is 78.8 Å². The average molecular weight is 1320 g/mol. The Morgan fingerprint density at radius 1 is 0.430 bits per heavy atom. The smallest absolute Gasteiger partial charge is 0.259 e. The third-order valence-corrected chi connectivity index (χ3v) is 14.4. The van der Waals surface area contributed by atoms with Crippen LogP contribution in [0.3, 0.4) is 0 Å². The van der Waals surface area contributed by atoms with Crippen molar-refractivity contribution >= 4 is 122 Å². The highest BCUT2D eigenvalue weighted by Crippen LogP contribution is 2.25. The molecule has 6 aromatic carbocycles. The highest BCUT2D eigenvalue weighted by molar-refractivity contribution is 6.31. The molecule has 0 unspecified atom stereocenters. The van der Waals surface area contributed by atoms with E-state index in [-0.39, 0.29) is 62.4 Å². The van der Waals surface area contributed by atoms with E-state index >= 15 is 0 Å². The van der Waals surface area contributed by atoms with E-state index in [1.807, 2.05) is 36.0 Å². The van der Waals surface area contributed by atoms with Crippen LogP contribution in [0.5, 0.6) is 0 Å². The summed E-state index contributed by atoms with van der Waals surface area (Å²) >= 11 is 17.4. The number of hydrogen-bond acceptors (Lipinski definition) is 14. The molecule has 21 nitrogen and oxygen atoms in total. The molecule has 0 atom stereocenters. The lowest BCUT2D eigenvalue weighted by Crippen LogP contribution is -2.24. The molecule has 0 radical (unpaired) electrons. The summed E-state index contributed by atoms with van der Waals surface area (Å²) in [4.78, 5) is 101. The first kappa shape index (κ1) is 66.1. The van der Waals surface area contributed by atoms with Gasteiger partial charge in [-0.05, 0) is 121 Å². The van der Waals surface area contributed by atoms with Crippen molar-refractivity contribution in [3.05, 3.63) is 265 Å². The summed E-state index contributed by atoms with van der Waals surface area (Å²) in [5.74, 6) is -3.04. The van der Waals surface area contributed by atoms with Gasteiger partial charge in [0.2, 0.25) is 0 Å². The lowest BCUT2D eigenvalue weighted by Gasteiger charge is -2.15. The second-order valence-electron chi connectivity index (χ2n) is 20.3. The van der Waals surface area contributed by atoms with E-state index in [2.05, 4.69) is 56.8 Å². The Morgan fingerprint density at radius 3 is 1.24 bits per heavy atom. The minimum atomic E-state index is -0.671. The lowest BCUT2D eigenvalue weighted by atomic mass is 10.1. The van der Waals surface area contributed by atoms with Crippen LogP contribution in [-0.4, -0.2) is 118 Å². The number of likely N-dealkylation sites (N-methyl/N-ethyl adjacent to an activating group) is 2. The molecule has 2 aliphatic rings. The maximum atomic E-state index is 14.7. The predicted molar refractivity (Wildman–Crippen MR) is 353 cm³/mol. The van der Waals surface area contributed by atoms with E-state index in [1.165, 1.54) is 85.3 Å². The molecule has 9 aromatic rings. The zero-order valence-corrected chi connectivity index (χ0v) is 51.3. The second-order valence-corrected chi connectivity index (χ2v) is 21.6. The number of nitrogens with two attached hydrogens (primary N) is 1. The molecule has 0 aliphatic carbocycles. The van der Waals surface area contributed by atoms with Gasteiger partial charge < -0.3 is 47.4 Å². The van der Waals surface area contributed by atoms with Gasteiger partial charge in [0.05, 0.1) is 67.5 Å². The van der Waals surface area contributed by atoms with Crippen molar-refractivity contribution in [3.8, 4) is 0 Å². The highest BCUT2D eigenvalue weighted by atomic mass is 35.5. The number of rotatable bonds is 15. The molecule has 6 amide bonds. The van der Waals surface area contributed by atoms with E-state index < -0.39 is 52.9 Å². The molecule has 93 heavy (non-hydrogen) atoms. The van der Waals surface area contributed by atoms with Crippen LogP contribution in [0.4, 0.5) is 47.7 Å². The molecule has 2 aliphatic heterocycles. The first-order valence-electron chi connectivity index (χ1n) is 27.9. The number of carbonyl (C=O) groups is 6. The number of aliphatic imine (C=N–C) groups is 2. The van der Waals surface area contributed by atoms with Crippen molar-refractivity contribution in [2.24, 2.45) is 15.7 Å². The number of amides is 6. The van der Waals surface area contributed by atoms with Crippen molar-refractivity contribution in [1.82, 2.24) is 24.8 Å². The van der Waals surface area contributed by atoms with Gasteiger partial charge in [-0.1, -0.05) is 77.3 Å². The molecule has 0 fully saturated rings. The number of benzene rings is 6. The summed E-state index contributed by atoms with van der Waals surface area (Å²) in [5.41, 5.74) is 8.56. The quantitative estimate of drug-likeness (QED) is 0.0351. The van der Waals surface area contributed by atoms with Crippen LogP contribution in [0.25, 0.3) is 0 Å². The Hall–Kier alpha value is -11.3. The number of nitrogens with zero attached hydrogens (tertiary/aromatic N) is 7. The second kappa shape index (κ2) is 30.4. The van der Waals surface area contributed by atoms with Crippen molar-refractivity contribution in [1.29, 1.82) is 5.41 Å². The Labute approximate surface area is 544 Å². The Morgan fingerprint density at radius 2 is 0.817 bits per heavy atom. The van der Waals surface area contributed by atoms with Gasteiger partial charge in [0, 0.05) is 73.6 Å². The number of aromatic nitrogens is 3. The molecular formula is C66H53Cl3F3N15O6. The standard InChI is InChI=1S/2C23H19ClFN5O2.C20H15ClFN5O2/c1-30-11-10-26-21(30)14-2-4-15(5-3-14)22(31)28-19-8-7-17(25)12-18(19)23(32)29-20-9-6-16(24)13-27-20;1-30-11-10-26-21(30)14-6-8-16(18(25)12-14)22(31)28-19-5-3-2-4-17(19)23(32)29-20-9-7-15(24)13-27-20;21-13-5-8-17(25-10-13)27-20(29)15-9-14(22)6-7-16(15)26-19(28)12-3-1-11(2-4-12)18(23)24/h2*2-9,12-13H,10-11H2,1H3,(H,28,31)(H,27,29,32);1-10H,(H3,23,24)(H,26,28)(H,25,27,29). The van der Waals surface area contributed by atoms with E-state index in [9.17, 15) is 41.9 Å². The van der Waals surface area contributed by atoms with Crippen molar-refractivity contribution in [3.63, 3.8) is 0 Å². The minimum Gasteiger partial charge on any atom is -0.384 e. The van der Waals surface area contributed by atoms with Crippen molar-refractivity contribution < 1.29 is 41.9 Å². The number of nitrogens with one attached hydrogen (secondary N) is 7. The van der Waals surface area contributed by atoms with Crippen LogP contribution in [0.15, 0.2) is 192 Å². The number of anilines is 6. The molecule has 0 spiro atoms. The topological polar surface area (TPSA) is 294 Å². The van der Waals surface area contributed by atoms with Crippen LogP contribution in [0.2, 0.25) is 15.1 Å². The monoisotopic (exact) mass is 1310 g/mol. The molecule has 0 bridgehead atoms. The van der Waals surface area contributed by atoms with Crippen LogP contribution in [0, 0.1) is 22.9 Å². The van der Waals surface area contributed by atoms with E-state index in [0.29, 0.717) is 50.0 Å². The summed E-state index contributed by atoms with van der Waals surface area (Å²) in [5, 5.41) is 24.2. The average Bonchev–Trinajstić information content (AvgIpc) is 2.37. The third kappa shape index (κ3) is 17.5. The molecule has 3 aromatic heterocycles. The van der Waals surface area contributed by atoms with Gasteiger partial charge in [-0.25, -0.2) is 28.1 Å². The summed E-state index contributed by atoms with van der Waals surface area (Å²) < 4.78 is 42.3. The zero-order valence-electron chi connectivity index (χ0n) is 49.1. The summed E-state index contributed by atoms with van der Waals surface area (Å²) in [7, 11) is 3.85. The normalized spacial score (nSPS) is 12.1. The maximum Gasteiger partial charge on any atom is 0.259 e. The fourth-order valence-corrected chi connectivity index (χ4v) is 9.33. The Bertz CT molecular complexity index is 4380. The number of hydrogen-bond donors (Lipinski definition) is 8. The van der Waals surface area contributed by atoms with Gasteiger partial charge in [-0.2, -0.15) is 0 Å². The number of pyridine rings is 3. The van der Waals surface area contributed by atoms with Crippen LogP contribution < -0.4 is 37.6 Å². The molecule has 27 heteroatoms. The fourth-order valence-electron chi connectivity index (χ4n) is 8.99. The number of carbonyl (C=O) groups excluding carboxylic acids is 6. The van der Waals surface area contributed by atoms with Gasteiger partial charge in [0.15, 0.2) is 0 Å². The number of para-hydroxylation sites is 1. The largest absolute Gasteiger partial charge is 0.384 e. The molecular weight excluding hydrogens is 1260 g/mol. The fraction of sp³-hybridized carbons (Fsp3) is 0.0909. The van der Waals surface area contributed by atoms with E-state index in [4.69, 9.17) is 45.9 Å². The van der Waals surface area contributed by atoms with Gasteiger partial charge >= 0.3 is 0 Å². The van der Waals surface area contributed by atoms with Crippen LogP contribution in [-0.2, 0) is 0 Å². The van der Waals surface area contributed by atoms with Gasteiger partial charge in [-0.3, -0.25) is 44.2 Å². The molecule has 0 saturated carbocycles. The molecule has 470 valence electrons. The first-order valence-corrected chi connectivity index (χ1v) is 29.1. The molecule has 11 rings (SSSR count). The number of nitrogen functional groups attached to an aromatic ring is 1. The predicted octanol–water partition coefficient (Wildman–Crippen LogP) is 11.8. The number of halogens is 6. The summed E-state index contributed by atoms with van der Waals surface area (Å²) in [6.07, 6.45) is 4.15. The zero-order chi connectivity index (χ0) is 66.3. The Balaban J connectivity index is 0.000000165.